The summed E-state index contributed by atoms with van der Waals surface area (Å²) in [5.41, 5.74) is 2.02. The number of hydrogen-bond acceptors (Lipinski definition) is 1. The lowest BCUT2D eigenvalue weighted by Gasteiger charge is -2.28. The summed E-state index contributed by atoms with van der Waals surface area (Å²) in [6.07, 6.45) is 6.01. The van der Waals surface area contributed by atoms with Crippen LogP contribution in [0.25, 0.3) is 6.08 Å². The van der Waals surface area contributed by atoms with E-state index in [0.717, 1.165) is 11.3 Å². The van der Waals surface area contributed by atoms with Gasteiger partial charge in [-0.05, 0) is 49.5 Å². The topological polar surface area (TPSA) is 20.3 Å². The third-order valence-corrected chi connectivity index (χ3v) is 4.20. The fraction of sp³-hybridized carbons (Fsp3) is 0.250. The van der Waals surface area contributed by atoms with Crippen LogP contribution >= 0.6 is 0 Å². The summed E-state index contributed by atoms with van der Waals surface area (Å²) in [6.45, 7) is 2.15. The second-order valence-corrected chi connectivity index (χ2v) is 5.87. The smallest absolute Gasteiger partial charge is 0.251 e. The Morgan fingerprint density at radius 3 is 2.23 bits per heavy atom. The van der Waals surface area contributed by atoms with Gasteiger partial charge in [0.25, 0.3) is 5.91 Å². The van der Waals surface area contributed by atoms with E-state index in [1.807, 2.05) is 71.6 Å². The Balaban J connectivity index is 1.82. The molecule has 2 nitrogen and oxygen atoms in total. The van der Waals surface area contributed by atoms with E-state index in [4.69, 9.17) is 0 Å². The number of anilines is 1. The summed E-state index contributed by atoms with van der Waals surface area (Å²) in [7, 11) is 0. The fourth-order valence-electron chi connectivity index (χ4n) is 2.75. The van der Waals surface area contributed by atoms with Crippen LogP contribution in [0, 0.1) is 5.92 Å². The Kier molecular flexibility index (Phi) is 4.38. The third-order valence-electron chi connectivity index (χ3n) is 4.20. The van der Waals surface area contributed by atoms with Crippen molar-refractivity contribution < 1.29 is 4.79 Å². The lowest BCUT2D eigenvalue weighted by Crippen LogP contribution is -2.39. The van der Waals surface area contributed by atoms with Gasteiger partial charge in [0, 0.05) is 17.8 Å². The van der Waals surface area contributed by atoms with E-state index in [1.54, 1.807) is 6.08 Å². The molecule has 1 saturated carbocycles. The number of amides is 1. The van der Waals surface area contributed by atoms with Gasteiger partial charge in [0.05, 0.1) is 0 Å². The van der Waals surface area contributed by atoms with Crippen LogP contribution in [0.2, 0.25) is 0 Å². The molecule has 1 aliphatic carbocycles. The third kappa shape index (κ3) is 3.45. The van der Waals surface area contributed by atoms with Crippen molar-refractivity contribution in [3.63, 3.8) is 0 Å². The largest absolute Gasteiger partial charge is 0.306 e. The summed E-state index contributed by atoms with van der Waals surface area (Å²) < 4.78 is 0. The summed E-state index contributed by atoms with van der Waals surface area (Å²) >= 11 is 0. The molecule has 1 fully saturated rings. The minimum absolute atomic E-state index is 0.0504. The molecule has 0 aromatic heterocycles. The van der Waals surface area contributed by atoms with Crippen molar-refractivity contribution in [3.8, 4) is 0 Å². The van der Waals surface area contributed by atoms with Crippen LogP contribution in [0.5, 0.6) is 0 Å². The van der Waals surface area contributed by atoms with Gasteiger partial charge in [-0.15, -0.1) is 0 Å². The molecule has 1 atom stereocenters. The van der Waals surface area contributed by atoms with Crippen LogP contribution in [0.4, 0.5) is 5.69 Å². The van der Waals surface area contributed by atoms with E-state index in [1.165, 1.54) is 12.8 Å². The first-order chi connectivity index (χ1) is 10.8. The maximum absolute atomic E-state index is 12.7. The van der Waals surface area contributed by atoms with Gasteiger partial charge in [0.15, 0.2) is 0 Å². The van der Waals surface area contributed by atoms with Gasteiger partial charge in [0.2, 0.25) is 0 Å². The predicted octanol–water partition coefficient (Wildman–Crippen LogP) is 4.53. The van der Waals surface area contributed by atoms with Crippen molar-refractivity contribution in [2.45, 2.75) is 25.8 Å². The molecule has 0 bridgehead atoms. The molecule has 0 heterocycles. The van der Waals surface area contributed by atoms with E-state index in [2.05, 4.69) is 6.92 Å². The molecule has 0 N–H and O–H groups in total. The number of carbonyl (C=O) groups excluding carboxylic acids is 1. The van der Waals surface area contributed by atoms with Gasteiger partial charge in [0.1, 0.15) is 0 Å². The average molecular weight is 291 g/mol. The monoisotopic (exact) mass is 291 g/mol. The van der Waals surface area contributed by atoms with Crippen LogP contribution < -0.4 is 4.90 Å². The van der Waals surface area contributed by atoms with Crippen LogP contribution in [0.15, 0.2) is 66.7 Å². The molecule has 112 valence electrons. The molecule has 1 amide bonds. The minimum Gasteiger partial charge on any atom is -0.306 e. The van der Waals surface area contributed by atoms with E-state index < -0.39 is 0 Å². The van der Waals surface area contributed by atoms with Crippen molar-refractivity contribution >= 4 is 17.7 Å². The molecule has 0 aliphatic heterocycles. The number of hydrogen-bond donors (Lipinski definition) is 0. The quantitative estimate of drug-likeness (QED) is 0.741. The molecule has 2 aromatic rings. The van der Waals surface area contributed by atoms with Crippen molar-refractivity contribution in [1.29, 1.82) is 0 Å². The van der Waals surface area contributed by atoms with E-state index in [9.17, 15) is 4.79 Å². The van der Waals surface area contributed by atoms with Crippen molar-refractivity contribution in [2.75, 3.05) is 4.90 Å². The zero-order valence-corrected chi connectivity index (χ0v) is 12.9. The van der Waals surface area contributed by atoms with E-state index in [0.29, 0.717) is 5.92 Å². The first-order valence-corrected chi connectivity index (χ1v) is 7.87. The van der Waals surface area contributed by atoms with E-state index in [-0.39, 0.29) is 11.9 Å². The Bertz CT molecular complexity index is 644. The number of nitrogens with zero attached hydrogens (tertiary/aromatic N) is 1. The molecule has 3 rings (SSSR count). The Hall–Kier alpha value is -2.35. The molecule has 0 radical (unpaired) electrons. The summed E-state index contributed by atoms with van der Waals surface area (Å²) in [5, 5.41) is 0. The number of rotatable bonds is 5. The molecular formula is C20H21NO. The number of para-hydroxylation sites is 1. The molecular weight excluding hydrogens is 270 g/mol. The van der Waals surface area contributed by atoms with Crippen molar-refractivity contribution in [1.82, 2.24) is 0 Å². The van der Waals surface area contributed by atoms with E-state index >= 15 is 0 Å². The van der Waals surface area contributed by atoms with Gasteiger partial charge in [-0.1, -0.05) is 48.5 Å². The normalized spacial score (nSPS) is 15.7. The second-order valence-electron chi connectivity index (χ2n) is 5.87. The Morgan fingerprint density at radius 2 is 1.64 bits per heavy atom. The Morgan fingerprint density at radius 1 is 1.05 bits per heavy atom. The van der Waals surface area contributed by atoms with Gasteiger partial charge in [-0.25, -0.2) is 0 Å². The standard InChI is InChI=1S/C20H21NO/c1-16(18-13-14-18)21(19-10-6-3-7-11-19)20(22)15-12-17-8-4-2-5-9-17/h2-12,15-16,18H,13-14H2,1H3/b15-12+/t16-/m0/s1. The van der Waals surface area contributed by atoms with Crippen LogP contribution in [-0.2, 0) is 4.79 Å². The highest BCUT2D eigenvalue weighted by molar-refractivity contribution is 6.04. The minimum atomic E-state index is 0.0504. The second kappa shape index (κ2) is 6.61. The van der Waals surface area contributed by atoms with Crippen molar-refractivity contribution in [2.24, 2.45) is 5.92 Å². The highest BCUT2D eigenvalue weighted by Crippen LogP contribution is 2.37. The van der Waals surface area contributed by atoms with Gasteiger partial charge >= 0.3 is 0 Å². The summed E-state index contributed by atoms with van der Waals surface area (Å²) in [5.74, 6) is 0.684. The number of benzene rings is 2. The first kappa shape index (κ1) is 14.6. The highest BCUT2D eigenvalue weighted by Gasteiger charge is 2.34. The maximum atomic E-state index is 12.7. The molecule has 1 aliphatic rings. The molecule has 22 heavy (non-hydrogen) atoms. The zero-order valence-electron chi connectivity index (χ0n) is 12.9. The molecule has 2 aromatic carbocycles. The maximum Gasteiger partial charge on any atom is 0.251 e. The SMILES string of the molecule is C[C@@H](C1CC1)N(C(=O)/C=C/c1ccccc1)c1ccccc1. The molecule has 2 heteroatoms. The average Bonchev–Trinajstić information content (AvgIpc) is 3.40. The lowest BCUT2D eigenvalue weighted by atomic mass is 10.1. The fourth-order valence-corrected chi connectivity index (χ4v) is 2.75. The Labute approximate surface area is 132 Å². The highest BCUT2D eigenvalue weighted by atomic mass is 16.2. The molecule has 0 saturated heterocycles. The summed E-state index contributed by atoms with van der Waals surface area (Å²) in [4.78, 5) is 14.7. The number of carbonyl (C=O) groups is 1. The van der Waals surface area contributed by atoms with Crippen LogP contribution in [0.3, 0.4) is 0 Å². The van der Waals surface area contributed by atoms with Crippen molar-refractivity contribution in [3.05, 3.63) is 72.3 Å². The van der Waals surface area contributed by atoms with Gasteiger partial charge in [-0.2, -0.15) is 0 Å². The predicted molar refractivity (Wildman–Crippen MR) is 91.6 cm³/mol. The first-order valence-electron chi connectivity index (χ1n) is 7.87. The van der Waals surface area contributed by atoms with Gasteiger partial charge < -0.3 is 4.90 Å². The molecule has 0 spiro atoms. The van der Waals surface area contributed by atoms with Crippen LogP contribution in [-0.4, -0.2) is 11.9 Å². The van der Waals surface area contributed by atoms with Gasteiger partial charge in [-0.3, -0.25) is 4.79 Å². The summed E-state index contributed by atoms with van der Waals surface area (Å²) in [6, 6.07) is 20.1. The van der Waals surface area contributed by atoms with Crippen LogP contribution in [0.1, 0.15) is 25.3 Å². The zero-order chi connectivity index (χ0) is 15.4. The lowest BCUT2D eigenvalue weighted by molar-refractivity contribution is -0.114. The molecule has 0 unspecified atom stereocenters.